The van der Waals surface area contributed by atoms with Crippen LogP contribution in [0.1, 0.15) is 69.4 Å². The lowest BCUT2D eigenvalue weighted by Gasteiger charge is -2.26. The third-order valence-corrected chi connectivity index (χ3v) is 4.61. The Morgan fingerprint density at radius 2 is 2.00 bits per heavy atom. The number of aryl methyl sites for hydroxylation is 1. The second-order valence-electron chi connectivity index (χ2n) is 5.74. The van der Waals surface area contributed by atoms with Crippen molar-refractivity contribution in [1.82, 2.24) is 15.1 Å². The molecule has 1 atom stereocenters. The van der Waals surface area contributed by atoms with E-state index in [1.54, 1.807) is 0 Å². The summed E-state index contributed by atoms with van der Waals surface area (Å²) in [5, 5.41) is 8.37. The average Bonchev–Trinajstić information content (AvgIpc) is 2.73. The minimum atomic E-state index is 0.458. The van der Waals surface area contributed by atoms with Crippen LogP contribution >= 0.6 is 0 Å². The Balaban J connectivity index is 2.32. The first-order valence-electron chi connectivity index (χ1n) is 8.00. The van der Waals surface area contributed by atoms with Crippen LogP contribution in [-0.4, -0.2) is 16.8 Å². The van der Waals surface area contributed by atoms with E-state index in [2.05, 4.69) is 37.8 Å². The largest absolute Gasteiger partial charge is 0.313 e. The highest BCUT2D eigenvalue weighted by Gasteiger charge is 2.24. The zero-order chi connectivity index (χ0) is 13.8. The minimum absolute atomic E-state index is 0.458. The smallest absolute Gasteiger partial charge is 0.0672 e. The lowest BCUT2D eigenvalue weighted by Crippen LogP contribution is -2.21. The molecular formula is C16H29N3. The van der Waals surface area contributed by atoms with Gasteiger partial charge in [-0.25, -0.2) is 0 Å². The number of hydrogen-bond donors (Lipinski definition) is 1. The van der Waals surface area contributed by atoms with E-state index in [0.29, 0.717) is 6.04 Å². The summed E-state index contributed by atoms with van der Waals surface area (Å²) in [5.74, 6) is 0.873. The summed E-state index contributed by atoms with van der Waals surface area (Å²) in [6.45, 7) is 7.88. The molecule has 19 heavy (non-hydrogen) atoms. The van der Waals surface area contributed by atoms with Gasteiger partial charge in [0.1, 0.15) is 0 Å². The Hall–Kier alpha value is -0.830. The molecule has 1 heterocycles. The zero-order valence-electron chi connectivity index (χ0n) is 13.0. The predicted molar refractivity (Wildman–Crippen MR) is 80.4 cm³/mol. The standard InChI is InChI=1S/C16H29N3/c1-5-13(17-4)16-14(6-2)18-19(15(16)7-3)11-12-9-8-10-12/h12-13,17H,5-11H2,1-4H3. The van der Waals surface area contributed by atoms with Crippen molar-refractivity contribution in [2.24, 2.45) is 5.92 Å². The van der Waals surface area contributed by atoms with E-state index in [9.17, 15) is 0 Å². The van der Waals surface area contributed by atoms with Crippen molar-refractivity contribution >= 4 is 0 Å². The Bertz CT molecular complexity index is 400. The van der Waals surface area contributed by atoms with Gasteiger partial charge >= 0.3 is 0 Å². The first kappa shape index (κ1) is 14.6. The Labute approximate surface area is 117 Å². The van der Waals surface area contributed by atoms with Crippen LogP contribution in [0.5, 0.6) is 0 Å². The molecule has 1 aliphatic rings. The van der Waals surface area contributed by atoms with E-state index in [1.807, 2.05) is 0 Å². The lowest BCUT2D eigenvalue weighted by atomic mass is 9.85. The maximum absolute atomic E-state index is 4.91. The summed E-state index contributed by atoms with van der Waals surface area (Å²) in [4.78, 5) is 0. The number of nitrogens with zero attached hydrogens (tertiary/aromatic N) is 2. The van der Waals surface area contributed by atoms with Gasteiger partial charge in [0.25, 0.3) is 0 Å². The molecule has 1 unspecified atom stereocenters. The highest BCUT2D eigenvalue weighted by Crippen LogP contribution is 2.31. The van der Waals surface area contributed by atoms with Gasteiger partial charge in [-0.3, -0.25) is 4.68 Å². The van der Waals surface area contributed by atoms with Crippen molar-refractivity contribution in [3.05, 3.63) is 17.0 Å². The van der Waals surface area contributed by atoms with E-state index in [4.69, 9.17) is 5.10 Å². The van der Waals surface area contributed by atoms with Gasteiger partial charge in [-0.05, 0) is 45.1 Å². The van der Waals surface area contributed by atoms with E-state index >= 15 is 0 Å². The van der Waals surface area contributed by atoms with Crippen LogP contribution in [-0.2, 0) is 19.4 Å². The maximum atomic E-state index is 4.91. The molecular weight excluding hydrogens is 234 g/mol. The summed E-state index contributed by atoms with van der Waals surface area (Å²) >= 11 is 0. The molecule has 1 N–H and O–H groups in total. The molecule has 0 aromatic carbocycles. The van der Waals surface area contributed by atoms with Crippen molar-refractivity contribution in [3.63, 3.8) is 0 Å². The summed E-state index contributed by atoms with van der Waals surface area (Å²) in [5.41, 5.74) is 4.25. The van der Waals surface area contributed by atoms with Crippen LogP contribution in [0, 0.1) is 5.92 Å². The SMILES string of the molecule is CCc1nn(CC2CCC2)c(CC)c1C(CC)NC. The number of nitrogens with one attached hydrogen (secondary N) is 1. The second kappa shape index (κ2) is 6.56. The van der Waals surface area contributed by atoms with Gasteiger partial charge in [0.2, 0.25) is 0 Å². The molecule has 0 saturated heterocycles. The Morgan fingerprint density at radius 3 is 2.42 bits per heavy atom. The monoisotopic (exact) mass is 263 g/mol. The van der Waals surface area contributed by atoms with Crippen molar-refractivity contribution in [2.75, 3.05) is 7.05 Å². The molecule has 1 saturated carbocycles. The number of aromatic nitrogens is 2. The fourth-order valence-corrected chi connectivity index (χ4v) is 3.23. The summed E-state index contributed by atoms with van der Waals surface area (Å²) in [7, 11) is 2.07. The van der Waals surface area contributed by atoms with Gasteiger partial charge in [0, 0.05) is 23.8 Å². The minimum Gasteiger partial charge on any atom is -0.313 e. The highest BCUT2D eigenvalue weighted by atomic mass is 15.3. The zero-order valence-corrected chi connectivity index (χ0v) is 13.0. The summed E-state index contributed by atoms with van der Waals surface area (Å²) in [6.07, 6.45) is 7.46. The van der Waals surface area contributed by atoms with E-state index in [0.717, 1.165) is 31.7 Å². The Morgan fingerprint density at radius 1 is 1.26 bits per heavy atom. The quantitative estimate of drug-likeness (QED) is 0.816. The highest BCUT2D eigenvalue weighted by molar-refractivity contribution is 5.30. The van der Waals surface area contributed by atoms with Crippen LogP contribution in [0.25, 0.3) is 0 Å². The Kier molecular flexibility index (Phi) is 5.03. The maximum Gasteiger partial charge on any atom is 0.0672 e. The first-order chi connectivity index (χ1) is 9.24. The van der Waals surface area contributed by atoms with Crippen molar-refractivity contribution < 1.29 is 0 Å². The molecule has 0 amide bonds. The van der Waals surface area contributed by atoms with Gasteiger partial charge < -0.3 is 5.32 Å². The first-order valence-corrected chi connectivity index (χ1v) is 8.00. The van der Waals surface area contributed by atoms with Gasteiger partial charge in [-0.15, -0.1) is 0 Å². The van der Waals surface area contributed by atoms with Gasteiger partial charge in [0.15, 0.2) is 0 Å². The van der Waals surface area contributed by atoms with Crippen molar-refractivity contribution in [2.45, 2.75) is 71.9 Å². The molecule has 1 aromatic heterocycles. The van der Waals surface area contributed by atoms with E-state index in [-0.39, 0.29) is 0 Å². The van der Waals surface area contributed by atoms with Crippen LogP contribution in [0.2, 0.25) is 0 Å². The number of rotatable bonds is 7. The molecule has 3 nitrogen and oxygen atoms in total. The molecule has 0 aliphatic heterocycles. The average molecular weight is 263 g/mol. The third kappa shape index (κ3) is 2.86. The molecule has 108 valence electrons. The van der Waals surface area contributed by atoms with E-state index in [1.165, 1.54) is 36.2 Å². The third-order valence-electron chi connectivity index (χ3n) is 4.61. The van der Waals surface area contributed by atoms with Gasteiger partial charge in [-0.2, -0.15) is 5.10 Å². The summed E-state index contributed by atoms with van der Waals surface area (Å²) in [6, 6.07) is 0.458. The normalized spacial score (nSPS) is 17.5. The predicted octanol–water partition coefficient (Wildman–Crippen LogP) is 3.48. The van der Waals surface area contributed by atoms with Crippen LogP contribution in [0.3, 0.4) is 0 Å². The molecule has 2 rings (SSSR count). The van der Waals surface area contributed by atoms with Crippen molar-refractivity contribution in [3.8, 4) is 0 Å². The lowest BCUT2D eigenvalue weighted by molar-refractivity contribution is 0.263. The second-order valence-corrected chi connectivity index (χ2v) is 5.74. The van der Waals surface area contributed by atoms with Crippen molar-refractivity contribution in [1.29, 1.82) is 0 Å². The molecule has 0 bridgehead atoms. The molecule has 1 aliphatic carbocycles. The molecule has 1 aromatic rings. The number of hydrogen-bond acceptors (Lipinski definition) is 2. The fourth-order valence-electron chi connectivity index (χ4n) is 3.23. The molecule has 0 radical (unpaired) electrons. The topological polar surface area (TPSA) is 29.9 Å². The molecule has 3 heteroatoms. The van der Waals surface area contributed by atoms with Crippen LogP contribution < -0.4 is 5.32 Å². The van der Waals surface area contributed by atoms with Crippen LogP contribution in [0.4, 0.5) is 0 Å². The molecule has 1 fully saturated rings. The fraction of sp³-hybridized carbons (Fsp3) is 0.812. The summed E-state index contributed by atoms with van der Waals surface area (Å²) < 4.78 is 2.32. The van der Waals surface area contributed by atoms with Gasteiger partial charge in [-0.1, -0.05) is 27.2 Å². The van der Waals surface area contributed by atoms with E-state index < -0.39 is 0 Å². The molecule has 0 spiro atoms. The van der Waals surface area contributed by atoms with Gasteiger partial charge in [0.05, 0.1) is 5.69 Å². The van der Waals surface area contributed by atoms with Crippen LogP contribution in [0.15, 0.2) is 0 Å².